The molecule has 6 N–H and O–H groups in total. The maximum atomic E-state index is 10.9. The third kappa shape index (κ3) is 6.14. The van der Waals surface area contributed by atoms with E-state index in [9.17, 15) is 9.59 Å². The summed E-state index contributed by atoms with van der Waals surface area (Å²) in [5.74, 6) is -2.41. The number of hydrogen-bond donors (Lipinski definition) is 4. The van der Waals surface area contributed by atoms with Crippen LogP contribution in [-0.4, -0.2) is 65.9 Å². The van der Waals surface area contributed by atoms with Gasteiger partial charge in [-0.05, 0) is 12.8 Å². The third-order valence-electron chi connectivity index (χ3n) is 4.98. The molecule has 0 spiro atoms. The molecule has 1 aliphatic carbocycles. The smallest absolute Gasteiger partial charge is 0.480 e. The van der Waals surface area contributed by atoms with Crippen LogP contribution in [0.4, 0.5) is 0 Å². The zero-order chi connectivity index (χ0) is 17.0. The third-order valence-corrected chi connectivity index (χ3v) is 4.98. The minimum Gasteiger partial charge on any atom is -0.480 e. The van der Waals surface area contributed by atoms with Gasteiger partial charge < -0.3 is 26.2 Å². The fourth-order valence-corrected chi connectivity index (χ4v) is 2.93. The van der Waals surface area contributed by atoms with Gasteiger partial charge in [0.05, 0.1) is 27.2 Å². The van der Waals surface area contributed by atoms with Crippen LogP contribution in [0.1, 0.15) is 38.5 Å². The fraction of sp³-hybridized carbons (Fsp3) is 0.867. The van der Waals surface area contributed by atoms with Crippen LogP contribution in [0.15, 0.2) is 0 Å². The molecule has 1 heterocycles. The van der Waals surface area contributed by atoms with Crippen LogP contribution >= 0.6 is 0 Å². The summed E-state index contributed by atoms with van der Waals surface area (Å²) in [5, 5.41) is 17.9. The number of carboxylic acid groups (broad SMARTS) is 2. The van der Waals surface area contributed by atoms with E-state index in [1.54, 1.807) is 0 Å². The van der Waals surface area contributed by atoms with Crippen molar-refractivity contribution in [3.05, 3.63) is 0 Å². The Bertz CT molecular complexity index is 382. The van der Waals surface area contributed by atoms with Crippen molar-refractivity contribution < 1.29 is 45.4 Å². The Morgan fingerprint density at radius 2 is 1.30 bits per heavy atom. The molecule has 23 heavy (non-hydrogen) atoms. The Labute approximate surface area is 152 Å². The standard InChI is InChI=1S/C9H15NO4.C6H14N2.Pt/c1-10(2)5-3-9(4-6-10,7(11)12)8(13)14;7-5-3-1-2-4-6(5)8;/h3-6H2,1-2H3,(H-,11,12,13,14);5-6H,1-4,7-8H2;/q;;+2/p+1/t;5-,6-;/m.0./s1. The molecule has 8 heteroatoms. The van der Waals surface area contributed by atoms with Gasteiger partial charge >= 0.3 is 33.0 Å². The summed E-state index contributed by atoms with van der Waals surface area (Å²) in [6, 6.07) is 0.562. The summed E-state index contributed by atoms with van der Waals surface area (Å²) in [6.07, 6.45) is 5.22. The summed E-state index contributed by atoms with van der Waals surface area (Å²) in [4.78, 5) is 21.9. The van der Waals surface area contributed by atoms with E-state index in [0.29, 0.717) is 17.6 Å². The van der Waals surface area contributed by atoms with Crippen molar-refractivity contribution in [2.24, 2.45) is 16.9 Å². The van der Waals surface area contributed by atoms with Gasteiger partial charge in [0, 0.05) is 24.9 Å². The zero-order valence-electron chi connectivity index (χ0n) is 13.9. The monoisotopic (exact) mass is 511 g/mol. The molecular weight excluding hydrogens is 481 g/mol. The van der Waals surface area contributed by atoms with Gasteiger partial charge in [-0.2, -0.15) is 0 Å². The van der Waals surface area contributed by atoms with E-state index in [1.165, 1.54) is 12.8 Å². The van der Waals surface area contributed by atoms with Gasteiger partial charge in [0.25, 0.3) is 0 Å². The van der Waals surface area contributed by atoms with Crippen molar-refractivity contribution in [2.75, 3.05) is 27.2 Å². The summed E-state index contributed by atoms with van der Waals surface area (Å²) in [7, 11) is 3.96. The van der Waals surface area contributed by atoms with Crippen LogP contribution < -0.4 is 11.5 Å². The molecule has 2 aliphatic rings. The Kier molecular flexibility index (Phi) is 8.92. The average Bonchev–Trinajstić information content (AvgIpc) is 2.42. The van der Waals surface area contributed by atoms with Crippen molar-refractivity contribution in [3.63, 3.8) is 0 Å². The predicted molar refractivity (Wildman–Crippen MR) is 83.2 cm³/mol. The number of nitrogens with two attached hydrogens (primary N) is 2. The van der Waals surface area contributed by atoms with Gasteiger partial charge in [-0.3, -0.25) is 9.59 Å². The van der Waals surface area contributed by atoms with Gasteiger partial charge in [-0.1, -0.05) is 12.8 Å². The summed E-state index contributed by atoms with van der Waals surface area (Å²) in [6.45, 7) is 1.19. The molecule has 0 bridgehead atoms. The number of nitrogens with zero attached hydrogens (tertiary/aromatic N) is 1. The molecule has 2 rings (SSSR count). The molecule has 2 atom stereocenters. The van der Waals surface area contributed by atoms with Gasteiger partial charge in [-0.25, -0.2) is 0 Å². The summed E-state index contributed by atoms with van der Waals surface area (Å²) in [5.41, 5.74) is 9.76. The van der Waals surface area contributed by atoms with E-state index < -0.39 is 17.4 Å². The van der Waals surface area contributed by atoms with Crippen LogP contribution in [0.3, 0.4) is 0 Å². The van der Waals surface area contributed by atoms with Crippen LogP contribution in [0.25, 0.3) is 0 Å². The molecule has 2 fully saturated rings. The minimum absolute atomic E-state index is 0. The first-order valence-corrected chi connectivity index (χ1v) is 7.91. The number of aliphatic carboxylic acids is 2. The van der Waals surface area contributed by atoms with E-state index in [-0.39, 0.29) is 46.0 Å². The topological polar surface area (TPSA) is 127 Å². The molecule has 0 amide bonds. The molecule has 1 aliphatic heterocycles. The van der Waals surface area contributed by atoms with Gasteiger partial charge in [0.1, 0.15) is 0 Å². The van der Waals surface area contributed by atoms with Crippen molar-refractivity contribution in [2.45, 2.75) is 50.6 Å². The maximum Gasteiger partial charge on any atom is 2.00 e. The van der Waals surface area contributed by atoms with Crippen LogP contribution in [0, 0.1) is 5.41 Å². The molecule has 1 saturated heterocycles. The second-order valence-electron chi connectivity index (χ2n) is 7.19. The van der Waals surface area contributed by atoms with E-state index in [2.05, 4.69) is 0 Å². The second-order valence-corrected chi connectivity index (χ2v) is 7.19. The van der Waals surface area contributed by atoms with Crippen LogP contribution in [0.2, 0.25) is 0 Å². The molecule has 136 valence electrons. The van der Waals surface area contributed by atoms with E-state index in [0.717, 1.165) is 12.8 Å². The first-order valence-electron chi connectivity index (χ1n) is 7.91. The number of rotatable bonds is 2. The summed E-state index contributed by atoms with van der Waals surface area (Å²) < 4.78 is 0.697. The Morgan fingerprint density at radius 3 is 1.57 bits per heavy atom. The molecule has 1 saturated carbocycles. The largest absolute Gasteiger partial charge is 2.00 e. The fourth-order valence-electron chi connectivity index (χ4n) is 2.93. The number of piperidine rings is 1. The average molecular weight is 512 g/mol. The first kappa shape index (κ1) is 22.5. The second kappa shape index (κ2) is 9.11. The van der Waals surface area contributed by atoms with Gasteiger partial charge in [0.15, 0.2) is 5.41 Å². The predicted octanol–water partition coefficient (Wildman–Crippen LogP) is 0.225. The molecule has 0 radical (unpaired) electrons. The summed E-state index contributed by atoms with van der Waals surface area (Å²) >= 11 is 0. The normalized spacial score (nSPS) is 28.5. The zero-order valence-corrected chi connectivity index (χ0v) is 16.2. The van der Waals surface area contributed by atoms with Crippen LogP contribution in [0.5, 0.6) is 0 Å². The molecule has 0 aromatic heterocycles. The number of carbonyl (C=O) groups is 2. The van der Waals surface area contributed by atoms with Gasteiger partial charge in [-0.15, -0.1) is 0 Å². The number of likely N-dealkylation sites (tertiary alicyclic amines) is 1. The van der Waals surface area contributed by atoms with Crippen molar-refractivity contribution in [1.29, 1.82) is 0 Å². The molecule has 0 aromatic carbocycles. The van der Waals surface area contributed by atoms with Crippen molar-refractivity contribution in [3.8, 4) is 0 Å². The maximum absolute atomic E-state index is 10.9. The minimum atomic E-state index is -1.55. The number of carboxylic acids is 2. The molecule has 0 aromatic rings. The van der Waals surface area contributed by atoms with Crippen molar-refractivity contribution >= 4 is 11.9 Å². The number of quaternary nitrogens is 1. The molecule has 7 nitrogen and oxygen atoms in total. The molecule has 0 unspecified atom stereocenters. The SMILES string of the molecule is C[N+]1(C)CCC(C(=O)O)(C(=O)O)CC1.N[C@H]1CCCC[C@@H]1N.[Pt+2]. The van der Waals surface area contributed by atoms with Gasteiger partial charge in [0.2, 0.25) is 0 Å². The Balaban J connectivity index is 0.000000460. The quantitative estimate of drug-likeness (QED) is 0.311. The molecular formula is C15H30N3O4Pt+3. The van der Waals surface area contributed by atoms with Crippen molar-refractivity contribution in [1.82, 2.24) is 0 Å². The first-order chi connectivity index (χ1) is 10.1. The Morgan fingerprint density at radius 1 is 0.957 bits per heavy atom. The number of hydrogen-bond acceptors (Lipinski definition) is 4. The van der Waals surface area contributed by atoms with Crippen LogP contribution in [-0.2, 0) is 30.7 Å². The Hall–Kier alpha value is -0.492. The van der Waals surface area contributed by atoms with E-state index in [4.69, 9.17) is 21.7 Å². The van der Waals surface area contributed by atoms with E-state index >= 15 is 0 Å². The van der Waals surface area contributed by atoms with E-state index in [1.807, 2.05) is 14.1 Å².